The third-order valence-corrected chi connectivity index (χ3v) is 8.94. The Bertz CT molecular complexity index is 2010. The second-order valence-corrected chi connectivity index (χ2v) is 12.8. The largest absolute Gasteiger partial charge is 0.397 e. The summed E-state index contributed by atoms with van der Waals surface area (Å²) in [7, 11) is 0. The predicted molar refractivity (Wildman–Crippen MR) is 200 cm³/mol. The molecule has 0 saturated carbocycles. The number of tetrazole rings is 1. The fourth-order valence-corrected chi connectivity index (χ4v) is 6.78. The van der Waals surface area contributed by atoms with Crippen molar-refractivity contribution in [3.8, 4) is 22.5 Å². The van der Waals surface area contributed by atoms with E-state index in [9.17, 15) is 0 Å². The molecule has 1 heterocycles. The van der Waals surface area contributed by atoms with Crippen LogP contribution in [0.5, 0.6) is 0 Å². The Balaban J connectivity index is 1.31. The minimum atomic E-state index is -0.853. The molecule has 0 atom stereocenters. The molecule has 6 aromatic carbocycles. The van der Waals surface area contributed by atoms with E-state index in [2.05, 4.69) is 152 Å². The van der Waals surface area contributed by atoms with Gasteiger partial charge in [0, 0.05) is 18.7 Å². The van der Waals surface area contributed by atoms with Crippen molar-refractivity contribution in [3.63, 3.8) is 0 Å². The maximum absolute atomic E-state index is 6.84. The first-order valence-electron chi connectivity index (χ1n) is 16.8. The zero-order valence-corrected chi connectivity index (χ0v) is 27.9. The fraction of sp³-hybridized carbons (Fsp3) is 0.140. The highest BCUT2D eigenvalue weighted by Gasteiger charge is 2.41. The first-order valence-corrected chi connectivity index (χ1v) is 16.8. The topological polar surface area (TPSA) is 72.9 Å². The highest BCUT2D eigenvalue weighted by molar-refractivity contribution is 5.84. The SMILES string of the molecule is CC(C)CN(Cc1ccccc1)c1ccc(-c2ccccc2-c2nnn(C(c3ccccc3)(c3ccccc3)c3ccccc3)n2)cc1N. The molecule has 242 valence electrons. The van der Waals surface area contributed by atoms with Crippen LogP contribution in [0.25, 0.3) is 22.5 Å². The number of nitrogens with two attached hydrogens (primary N) is 1. The van der Waals surface area contributed by atoms with Gasteiger partial charge in [0.15, 0.2) is 5.54 Å². The van der Waals surface area contributed by atoms with Gasteiger partial charge < -0.3 is 10.6 Å². The first-order chi connectivity index (χ1) is 24.0. The third-order valence-electron chi connectivity index (χ3n) is 8.94. The molecular weight excluding hydrogens is 601 g/mol. The van der Waals surface area contributed by atoms with E-state index in [1.807, 2.05) is 30.3 Å². The van der Waals surface area contributed by atoms with Crippen molar-refractivity contribution in [2.24, 2.45) is 5.92 Å². The maximum Gasteiger partial charge on any atom is 0.205 e. The van der Waals surface area contributed by atoms with E-state index in [1.165, 1.54) is 5.56 Å². The van der Waals surface area contributed by atoms with Gasteiger partial charge in [-0.25, -0.2) is 0 Å². The molecule has 0 aliphatic rings. The quantitative estimate of drug-likeness (QED) is 0.113. The lowest BCUT2D eigenvalue weighted by atomic mass is 9.77. The number of nitrogen functional groups attached to an aromatic ring is 1. The minimum absolute atomic E-state index is 0.479. The van der Waals surface area contributed by atoms with Crippen LogP contribution in [0.3, 0.4) is 0 Å². The molecule has 0 aliphatic heterocycles. The molecule has 7 aromatic rings. The molecule has 6 heteroatoms. The van der Waals surface area contributed by atoms with Gasteiger partial charge in [-0.2, -0.15) is 0 Å². The van der Waals surface area contributed by atoms with Crippen molar-refractivity contribution in [1.82, 2.24) is 20.2 Å². The first kappa shape index (κ1) is 31.6. The summed E-state index contributed by atoms with van der Waals surface area (Å²) >= 11 is 0. The fourth-order valence-electron chi connectivity index (χ4n) is 6.78. The Morgan fingerprint density at radius 3 is 1.67 bits per heavy atom. The Hall–Kier alpha value is -6.01. The van der Waals surface area contributed by atoms with Crippen LogP contribution in [0.15, 0.2) is 164 Å². The zero-order chi connectivity index (χ0) is 33.6. The van der Waals surface area contributed by atoms with Crippen LogP contribution in [-0.2, 0) is 12.1 Å². The molecule has 0 aliphatic carbocycles. The van der Waals surface area contributed by atoms with Crippen molar-refractivity contribution in [2.45, 2.75) is 25.9 Å². The predicted octanol–water partition coefficient (Wildman–Crippen LogP) is 9.09. The molecular formula is C43H40N6. The molecule has 0 bridgehead atoms. The van der Waals surface area contributed by atoms with E-state index < -0.39 is 5.54 Å². The van der Waals surface area contributed by atoms with Gasteiger partial charge >= 0.3 is 0 Å². The van der Waals surface area contributed by atoms with Crippen molar-refractivity contribution in [1.29, 1.82) is 0 Å². The molecule has 0 fully saturated rings. The minimum Gasteiger partial charge on any atom is -0.397 e. The Kier molecular flexibility index (Phi) is 9.02. The summed E-state index contributed by atoms with van der Waals surface area (Å²) in [6.45, 7) is 6.16. The molecule has 6 nitrogen and oxygen atoms in total. The van der Waals surface area contributed by atoms with Crippen LogP contribution >= 0.6 is 0 Å². The number of nitrogens with zero attached hydrogens (tertiary/aromatic N) is 5. The normalized spacial score (nSPS) is 11.5. The van der Waals surface area contributed by atoms with Crippen LogP contribution in [0.4, 0.5) is 11.4 Å². The molecule has 0 spiro atoms. The lowest BCUT2D eigenvalue weighted by Crippen LogP contribution is -2.39. The van der Waals surface area contributed by atoms with Crippen molar-refractivity contribution in [3.05, 3.63) is 186 Å². The maximum atomic E-state index is 6.84. The molecule has 0 unspecified atom stereocenters. The molecule has 0 amide bonds. The van der Waals surface area contributed by atoms with Crippen LogP contribution < -0.4 is 10.6 Å². The van der Waals surface area contributed by atoms with Gasteiger partial charge in [0.25, 0.3) is 0 Å². The van der Waals surface area contributed by atoms with Crippen LogP contribution in [-0.4, -0.2) is 26.8 Å². The molecule has 1 aromatic heterocycles. The molecule has 0 saturated heterocycles. The summed E-state index contributed by atoms with van der Waals surface area (Å²) < 4.78 is 0. The Morgan fingerprint density at radius 1 is 0.633 bits per heavy atom. The van der Waals surface area contributed by atoms with Gasteiger partial charge in [-0.05, 0) is 56.6 Å². The van der Waals surface area contributed by atoms with E-state index in [4.69, 9.17) is 21.1 Å². The zero-order valence-electron chi connectivity index (χ0n) is 27.9. The Morgan fingerprint density at radius 2 is 1.14 bits per heavy atom. The number of rotatable bonds is 11. The number of hydrogen-bond acceptors (Lipinski definition) is 5. The van der Waals surface area contributed by atoms with Crippen molar-refractivity contribution < 1.29 is 0 Å². The summed E-state index contributed by atoms with van der Waals surface area (Å²) in [5.74, 6) is 1.02. The molecule has 7 rings (SSSR count). The molecule has 2 N–H and O–H groups in total. The average molecular weight is 641 g/mol. The summed E-state index contributed by atoms with van der Waals surface area (Å²) in [5, 5.41) is 14.7. The van der Waals surface area contributed by atoms with Crippen LogP contribution in [0.1, 0.15) is 36.1 Å². The monoisotopic (exact) mass is 640 g/mol. The number of aromatic nitrogens is 4. The van der Waals surface area contributed by atoms with E-state index in [0.717, 1.165) is 57.8 Å². The summed E-state index contributed by atoms with van der Waals surface area (Å²) in [5.41, 5.74) is 15.0. The highest BCUT2D eigenvalue weighted by Crippen LogP contribution is 2.41. The van der Waals surface area contributed by atoms with Crippen molar-refractivity contribution in [2.75, 3.05) is 17.2 Å². The van der Waals surface area contributed by atoms with Gasteiger partial charge in [0.05, 0.1) is 11.4 Å². The van der Waals surface area contributed by atoms with Crippen LogP contribution in [0, 0.1) is 5.92 Å². The Labute approximate surface area is 288 Å². The number of hydrogen-bond donors (Lipinski definition) is 1. The smallest absolute Gasteiger partial charge is 0.205 e. The third kappa shape index (κ3) is 6.33. The lowest BCUT2D eigenvalue weighted by Gasteiger charge is -2.34. The van der Waals surface area contributed by atoms with E-state index in [0.29, 0.717) is 11.7 Å². The summed E-state index contributed by atoms with van der Waals surface area (Å²) in [4.78, 5) is 4.14. The van der Waals surface area contributed by atoms with E-state index >= 15 is 0 Å². The summed E-state index contributed by atoms with van der Waals surface area (Å²) in [6, 6.07) is 56.3. The average Bonchev–Trinajstić information content (AvgIpc) is 3.64. The van der Waals surface area contributed by atoms with Crippen molar-refractivity contribution >= 4 is 11.4 Å². The van der Waals surface area contributed by atoms with E-state index in [-0.39, 0.29) is 0 Å². The number of anilines is 2. The second kappa shape index (κ2) is 14.0. The van der Waals surface area contributed by atoms with Gasteiger partial charge in [0.1, 0.15) is 0 Å². The molecule has 49 heavy (non-hydrogen) atoms. The van der Waals surface area contributed by atoms with Crippen LogP contribution in [0.2, 0.25) is 0 Å². The summed E-state index contributed by atoms with van der Waals surface area (Å²) in [6.07, 6.45) is 0. The van der Waals surface area contributed by atoms with Gasteiger partial charge in [0.2, 0.25) is 5.82 Å². The van der Waals surface area contributed by atoms with E-state index in [1.54, 1.807) is 4.80 Å². The lowest BCUT2D eigenvalue weighted by molar-refractivity contribution is 0.396. The number of benzene rings is 6. The molecule has 0 radical (unpaired) electrons. The van der Waals surface area contributed by atoms with Gasteiger partial charge in [-0.15, -0.1) is 15.0 Å². The highest BCUT2D eigenvalue weighted by atomic mass is 15.6. The standard InChI is InChI=1S/C43H40N6/c1-32(2)30-48(31-33-17-7-3-8-18-33)41-28-27-34(29-40(41)44)38-25-15-16-26-39(38)42-45-47-49(46-42)43(35-19-9-4-10-20-35,36-21-11-5-12-22-36)37-23-13-6-14-24-37/h3-29,32H,30-31,44H2,1-2H3. The van der Waals surface area contributed by atoms with Gasteiger partial charge in [-0.3, -0.25) is 0 Å². The van der Waals surface area contributed by atoms with Gasteiger partial charge in [-0.1, -0.05) is 166 Å². The second-order valence-electron chi connectivity index (χ2n) is 12.8.